The molecule has 0 amide bonds. The lowest BCUT2D eigenvalue weighted by molar-refractivity contribution is -0.0274. The van der Waals surface area contributed by atoms with Crippen LogP contribution >= 0.6 is 24.0 Å². The zero-order chi connectivity index (χ0) is 22.9. The van der Waals surface area contributed by atoms with Crippen molar-refractivity contribution in [2.24, 2.45) is 0 Å². The third kappa shape index (κ3) is 10.4. The van der Waals surface area contributed by atoms with Crippen molar-refractivity contribution < 1.29 is 17.6 Å². The van der Waals surface area contributed by atoms with Gasteiger partial charge in [-0.05, 0) is 23.7 Å². The molecule has 8 nitrogen and oxygen atoms in total. The maximum Gasteiger partial charge on any atom is 0.251 e. The number of nitrogens with zero attached hydrogens (tertiary/aromatic N) is 5. The summed E-state index contributed by atoms with van der Waals surface area (Å²) in [6.07, 6.45) is 2.76. The summed E-state index contributed by atoms with van der Waals surface area (Å²) >= 11 is 5.34. The monoisotopic (exact) mass is 500 g/mol. The first-order valence-corrected chi connectivity index (χ1v) is 9.98. The SMILES string of the molecule is Cl.FC1(F)CCNCC1.Nc1ccnc(Cl)n1.Nc1ccnc(N2CCC(F)(F)CC2)n1. The van der Waals surface area contributed by atoms with Gasteiger partial charge in [0, 0.05) is 64.3 Å². The highest BCUT2D eigenvalue weighted by atomic mass is 35.5. The summed E-state index contributed by atoms with van der Waals surface area (Å²) in [7, 11) is 0. The zero-order valence-electron chi connectivity index (χ0n) is 17.2. The van der Waals surface area contributed by atoms with Gasteiger partial charge < -0.3 is 21.7 Å². The molecule has 2 aromatic rings. The molecule has 0 spiro atoms. The van der Waals surface area contributed by atoms with Crippen molar-refractivity contribution in [3.63, 3.8) is 0 Å². The predicted molar refractivity (Wildman–Crippen MR) is 119 cm³/mol. The molecule has 0 aliphatic carbocycles. The summed E-state index contributed by atoms with van der Waals surface area (Å²) in [5.74, 6) is -3.74. The number of nitrogen functional groups attached to an aromatic ring is 2. The molecule has 4 rings (SSSR count). The lowest BCUT2D eigenvalue weighted by Crippen LogP contribution is -2.40. The molecule has 0 atom stereocenters. The van der Waals surface area contributed by atoms with Gasteiger partial charge in [0.05, 0.1) is 0 Å². The zero-order valence-corrected chi connectivity index (χ0v) is 18.7. The lowest BCUT2D eigenvalue weighted by Gasteiger charge is -2.31. The Bertz CT molecular complexity index is 796. The van der Waals surface area contributed by atoms with E-state index in [1.54, 1.807) is 17.0 Å². The van der Waals surface area contributed by atoms with Crippen LogP contribution in [0.5, 0.6) is 0 Å². The quantitative estimate of drug-likeness (QED) is 0.402. The van der Waals surface area contributed by atoms with Gasteiger partial charge in [-0.15, -0.1) is 12.4 Å². The minimum atomic E-state index is -2.54. The third-order valence-corrected chi connectivity index (χ3v) is 4.61. The lowest BCUT2D eigenvalue weighted by atomic mass is 10.1. The summed E-state index contributed by atoms with van der Waals surface area (Å²) in [6, 6.07) is 3.15. The molecule has 2 aliphatic rings. The van der Waals surface area contributed by atoms with E-state index in [0.717, 1.165) is 0 Å². The molecule has 5 N–H and O–H groups in total. The molecule has 2 aliphatic heterocycles. The Morgan fingerprint density at radius 2 is 1.34 bits per heavy atom. The first kappa shape index (κ1) is 27.9. The molecule has 0 radical (unpaired) electrons. The van der Waals surface area contributed by atoms with E-state index >= 15 is 0 Å². The topological polar surface area (TPSA) is 119 Å². The van der Waals surface area contributed by atoms with E-state index in [2.05, 4.69) is 25.3 Å². The van der Waals surface area contributed by atoms with Crippen molar-refractivity contribution >= 4 is 41.6 Å². The summed E-state index contributed by atoms with van der Waals surface area (Å²) in [5, 5.41) is 3.05. The van der Waals surface area contributed by atoms with Crippen LogP contribution in [0.15, 0.2) is 24.5 Å². The fourth-order valence-corrected chi connectivity index (χ4v) is 2.84. The second-order valence-corrected chi connectivity index (χ2v) is 7.32. The number of piperidine rings is 2. The van der Waals surface area contributed by atoms with Crippen molar-refractivity contribution in [2.45, 2.75) is 37.5 Å². The molecule has 2 aromatic heterocycles. The molecular weight excluding hydrogens is 475 g/mol. The molecule has 4 heterocycles. The van der Waals surface area contributed by atoms with Crippen molar-refractivity contribution in [2.75, 3.05) is 42.5 Å². The molecule has 2 fully saturated rings. The fraction of sp³-hybridized carbons (Fsp3) is 0.556. The van der Waals surface area contributed by atoms with Crippen LogP contribution in [0.4, 0.5) is 35.1 Å². The third-order valence-electron chi connectivity index (χ3n) is 4.42. The van der Waals surface area contributed by atoms with Crippen LogP contribution in [-0.4, -0.2) is 58.0 Å². The van der Waals surface area contributed by atoms with Gasteiger partial charge in [0.1, 0.15) is 11.6 Å². The summed E-state index contributed by atoms with van der Waals surface area (Å²) in [4.78, 5) is 16.9. The Labute approximate surface area is 194 Å². The first-order valence-electron chi connectivity index (χ1n) is 9.60. The number of aromatic nitrogens is 4. The van der Waals surface area contributed by atoms with Crippen LogP contribution in [0, 0.1) is 0 Å². The smallest absolute Gasteiger partial charge is 0.251 e. The van der Waals surface area contributed by atoms with Crippen molar-refractivity contribution in [1.29, 1.82) is 0 Å². The van der Waals surface area contributed by atoms with Crippen LogP contribution in [-0.2, 0) is 0 Å². The number of nitrogens with two attached hydrogens (primary N) is 2. The Morgan fingerprint density at radius 3 is 1.75 bits per heavy atom. The average Bonchev–Trinajstić information content (AvgIpc) is 2.68. The molecule has 0 unspecified atom stereocenters. The number of halogens is 6. The van der Waals surface area contributed by atoms with Gasteiger partial charge >= 0.3 is 0 Å². The van der Waals surface area contributed by atoms with Crippen molar-refractivity contribution in [3.05, 3.63) is 29.8 Å². The molecule has 14 heteroatoms. The molecule has 0 bridgehead atoms. The second kappa shape index (κ2) is 12.8. The Kier molecular flexibility index (Phi) is 11.1. The van der Waals surface area contributed by atoms with Gasteiger partial charge in [-0.3, -0.25) is 0 Å². The van der Waals surface area contributed by atoms with Gasteiger partial charge in [-0.25, -0.2) is 32.5 Å². The van der Waals surface area contributed by atoms with Crippen molar-refractivity contribution in [3.8, 4) is 0 Å². The maximum absolute atomic E-state index is 12.9. The maximum atomic E-state index is 12.9. The average molecular weight is 501 g/mol. The van der Waals surface area contributed by atoms with Crippen LogP contribution < -0.4 is 21.7 Å². The largest absolute Gasteiger partial charge is 0.384 e. The van der Waals surface area contributed by atoms with Gasteiger partial charge in [-0.2, -0.15) is 4.98 Å². The minimum Gasteiger partial charge on any atom is -0.384 e. The first-order chi connectivity index (χ1) is 14.6. The molecule has 32 heavy (non-hydrogen) atoms. The van der Waals surface area contributed by atoms with Gasteiger partial charge in [0.2, 0.25) is 11.2 Å². The molecule has 180 valence electrons. The van der Waals surface area contributed by atoms with E-state index < -0.39 is 11.8 Å². The molecule has 0 aromatic carbocycles. The number of nitrogens with one attached hydrogen (secondary N) is 1. The highest BCUT2D eigenvalue weighted by Gasteiger charge is 2.34. The van der Waals surface area contributed by atoms with Crippen LogP contribution in [0.25, 0.3) is 0 Å². The number of anilines is 3. The van der Waals surface area contributed by atoms with E-state index in [9.17, 15) is 17.6 Å². The van der Waals surface area contributed by atoms with E-state index in [1.807, 2.05) is 0 Å². The highest BCUT2D eigenvalue weighted by molar-refractivity contribution is 6.28. The van der Waals surface area contributed by atoms with Gasteiger partial charge in [0.15, 0.2) is 0 Å². The van der Waals surface area contributed by atoms with Crippen molar-refractivity contribution in [1.82, 2.24) is 25.3 Å². The number of rotatable bonds is 1. The van der Waals surface area contributed by atoms with Gasteiger partial charge in [0.25, 0.3) is 11.8 Å². The normalized spacial score (nSPS) is 18.7. The van der Waals surface area contributed by atoms with E-state index in [1.165, 1.54) is 12.4 Å². The van der Waals surface area contributed by atoms with Crippen LogP contribution in [0.3, 0.4) is 0 Å². The highest BCUT2D eigenvalue weighted by Crippen LogP contribution is 2.29. The molecular formula is C18H26Cl2F4N8. The predicted octanol–water partition coefficient (Wildman–Crippen LogP) is 3.43. The number of hydrogen-bond acceptors (Lipinski definition) is 8. The van der Waals surface area contributed by atoms with E-state index in [4.69, 9.17) is 23.1 Å². The Hall–Kier alpha value is -2.18. The summed E-state index contributed by atoms with van der Waals surface area (Å²) in [6.45, 7) is 1.48. The molecule has 2 saturated heterocycles. The minimum absolute atomic E-state index is 0. The number of hydrogen-bond donors (Lipinski definition) is 3. The van der Waals surface area contributed by atoms with Crippen LogP contribution in [0.2, 0.25) is 5.28 Å². The molecule has 0 saturated carbocycles. The standard InChI is InChI=1S/C9H12F2N4.C5H9F2N.C4H4ClN3.ClH/c10-9(11)2-5-15(6-3-9)8-13-4-1-7(12)14-8;6-5(7)1-3-8-4-2-5;5-4-7-2-1-3(6)8-4;/h1,4H,2-3,5-6H2,(H2,12,13,14);8H,1-4H2;1-2H,(H2,6,7,8);1H. The Morgan fingerprint density at radius 1 is 0.844 bits per heavy atom. The number of alkyl halides is 4. The van der Waals surface area contributed by atoms with E-state index in [0.29, 0.717) is 30.7 Å². The van der Waals surface area contributed by atoms with Gasteiger partial charge in [-0.1, -0.05) is 0 Å². The summed E-state index contributed by atoms with van der Waals surface area (Å²) in [5.41, 5.74) is 10.7. The fourth-order valence-electron chi connectivity index (χ4n) is 2.69. The summed E-state index contributed by atoms with van der Waals surface area (Å²) < 4.78 is 50.1. The Balaban J connectivity index is 0.000000257. The van der Waals surface area contributed by atoms with E-state index in [-0.39, 0.29) is 56.5 Å². The second-order valence-electron chi connectivity index (χ2n) is 6.98. The van der Waals surface area contributed by atoms with Crippen LogP contribution in [0.1, 0.15) is 25.7 Å².